The van der Waals surface area contributed by atoms with Crippen molar-refractivity contribution in [3.05, 3.63) is 42.1 Å². The highest BCUT2D eigenvalue weighted by atomic mass is 16.5. The Hall–Kier alpha value is -2.23. The minimum absolute atomic E-state index is 0.423. The van der Waals surface area contributed by atoms with Gasteiger partial charge in [-0.25, -0.2) is 9.36 Å². The van der Waals surface area contributed by atoms with E-state index in [1.807, 2.05) is 44.2 Å². The third-order valence-electron chi connectivity index (χ3n) is 2.78. The lowest BCUT2D eigenvalue weighted by Gasteiger charge is -2.00. The Labute approximate surface area is 112 Å². The molecular formula is C15H17NO3. The SMILES string of the molecule is COC(=O)n1cc(OCC=C(C)C)c2ccccc21. The molecule has 0 aliphatic heterocycles. The molecule has 0 N–H and O–H groups in total. The predicted octanol–water partition coefficient (Wildman–Crippen LogP) is 3.60. The molecule has 4 heteroatoms. The molecule has 0 spiro atoms. The number of aromatic nitrogens is 1. The number of fused-ring (bicyclic) bond motifs is 1. The van der Waals surface area contributed by atoms with Gasteiger partial charge in [-0.2, -0.15) is 0 Å². The van der Waals surface area contributed by atoms with Crippen LogP contribution in [0.2, 0.25) is 0 Å². The van der Waals surface area contributed by atoms with Crippen molar-refractivity contribution >= 4 is 17.0 Å². The molecule has 0 radical (unpaired) electrons. The van der Waals surface area contributed by atoms with Gasteiger partial charge in [0.05, 0.1) is 18.8 Å². The summed E-state index contributed by atoms with van der Waals surface area (Å²) in [6.45, 7) is 4.51. The summed E-state index contributed by atoms with van der Waals surface area (Å²) in [5.41, 5.74) is 1.97. The van der Waals surface area contributed by atoms with Crippen molar-refractivity contribution in [2.24, 2.45) is 0 Å². The summed E-state index contributed by atoms with van der Waals surface area (Å²) in [6, 6.07) is 7.58. The number of hydrogen-bond acceptors (Lipinski definition) is 3. The van der Waals surface area contributed by atoms with Crippen LogP contribution in [0.1, 0.15) is 13.8 Å². The zero-order valence-electron chi connectivity index (χ0n) is 11.3. The molecule has 0 amide bonds. The molecule has 19 heavy (non-hydrogen) atoms. The molecule has 0 fully saturated rings. The first-order valence-corrected chi connectivity index (χ1v) is 6.08. The van der Waals surface area contributed by atoms with E-state index in [0.29, 0.717) is 12.4 Å². The Bertz CT molecular complexity index is 621. The molecule has 0 bridgehead atoms. The molecule has 0 aliphatic carbocycles. The lowest BCUT2D eigenvalue weighted by atomic mass is 10.2. The number of para-hydroxylation sites is 1. The molecule has 0 atom stereocenters. The van der Waals surface area contributed by atoms with Gasteiger partial charge in [-0.05, 0) is 32.1 Å². The summed E-state index contributed by atoms with van der Waals surface area (Å²) >= 11 is 0. The quantitative estimate of drug-likeness (QED) is 0.791. The molecule has 0 saturated carbocycles. The van der Waals surface area contributed by atoms with Gasteiger partial charge in [-0.1, -0.05) is 17.7 Å². The van der Waals surface area contributed by atoms with Crippen LogP contribution in [-0.4, -0.2) is 24.4 Å². The third-order valence-corrected chi connectivity index (χ3v) is 2.78. The fourth-order valence-corrected chi connectivity index (χ4v) is 1.81. The Kier molecular flexibility index (Phi) is 3.90. The van der Waals surface area contributed by atoms with Gasteiger partial charge in [0.1, 0.15) is 12.4 Å². The first-order chi connectivity index (χ1) is 9.13. The second-order valence-corrected chi connectivity index (χ2v) is 4.44. The van der Waals surface area contributed by atoms with Gasteiger partial charge in [0.15, 0.2) is 0 Å². The highest BCUT2D eigenvalue weighted by Crippen LogP contribution is 2.28. The number of hydrogen-bond donors (Lipinski definition) is 0. The lowest BCUT2D eigenvalue weighted by molar-refractivity contribution is 0.174. The first kappa shape index (κ1) is 13.2. The van der Waals surface area contributed by atoms with Gasteiger partial charge < -0.3 is 9.47 Å². The second kappa shape index (κ2) is 5.61. The summed E-state index contributed by atoms with van der Waals surface area (Å²) in [6.07, 6.45) is 3.23. The number of rotatable bonds is 3. The van der Waals surface area contributed by atoms with Gasteiger partial charge in [0.25, 0.3) is 0 Å². The normalized spacial score (nSPS) is 10.3. The molecule has 2 aromatic rings. The van der Waals surface area contributed by atoms with E-state index in [1.165, 1.54) is 17.3 Å². The topological polar surface area (TPSA) is 40.5 Å². The summed E-state index contributed by atoms with van der Waals surface area (Å²) in [5, 5.41) is 0.898. The van der Waals surface area contributed by atoms with E-state index in [4.69, 9.17) is 9.47 Å². The van der Waals surface area contributed by atoms with Crippen LogP contribution in [0.15, 0.2) is 42.1 Å². The van der Waals surface area contributed by atoms with Gasteiger partial charge in [0, 0.05) is 5.39 Å². The zero-order valence-corrected chi connectivity index (χ0v) is 11.3. The Morgan fingerprint density at radius 2 is 2.05 bits per heavy atom. The maximum Gasteiger partial charge on any atom is 0.418 e. The van der Waals surface area contributed by atoms with Crippen LogP contribution < -0.4 is 4.74 Å². The van der Waals surface area contributed by atoms with Crippen LogP contribution in [0.3, 0.4) is 0 Å². The maximum atomic E-state index is 11.7. The number of benzene rings is 1. The Balaban J connectivity index is 2.39. The molecule has 100 valence electrons. The second-order valence-electron chi connectivity index (χ2n) is 4.44. The number of methoxy groups -OCH3 is 1. The van der Waals surface area contributed by atoms with E-state index in [0.717, 1.165) is 10.9 Å². The minimum Gasteiger partial charge on any atom is -0.487 e. The van der Waals surface area contributed by atoms with E-state index in [2.05, 4.69) is 0 Å². The van der Waals surface area contributed by atoms with Crippen LogP contribution in [0, 0.1) is 0 Å². The molecule has 0 aliphatic rings. The van der Waals surface area contributed by atoms with E-state index in [1.54, 1.807) is 6.20 Å². The monoisotopic (exact) mass is 259 g/mol. The predicted molar refractivity (Wildman–Crippen MR) is 74.7 cm³/mol. The van der Waals surface area contributed by atoms with Crippen molar-refractivity contribution in [3.63, 3.8) is 0 Å². The van der Waals surface area contributed by atoms with Crippen LogP contribution >= 0.6 is 0 Å². The zero-order chi connectivity index (χ0) is 13.8. The summed E-state index contributed by atoms with van der Waals surface area (Å²) in [5.74, 6) is 0.679. The van der Waals surface area contributed by atoms with Crippen molar-refractivity contribution in [1.29, 1.82) is 0 Å². The lowest BCUT2D eigenvalue weighted by Crippen LogP contribution is -2.09. The molecular weight excluding hydrogens is 242 g/mol. The number of nitrogens with zero attached hydrogens (tertiary/aromatic N) is 1. The summed E-state index contributed by atoms with van der Waals surface area (Å²) < 4.78 is 11.9. The molecule has 0 saturated heterocycles. The van der Waals surface area contributed by atoms with Crippen LogP contribution in [0.5, 0.6) is 5.75 Å². The molecule has 4 nitrogen and oxygen atoms in total. The van der Waals surface area contributed by atoms with Crippen molar-refractivity contribution in [2.75, 3.05) is 13.7 Å². The van der Waals surface area contributed by atoms with Crippen LogP contribution in [-0.2, 0) is 4.74 Å². The number of allylic oxidation sites excluding steroid dienone is 1. The summed E-state index contributed by atoms with van der Waals surface area (Å²) in [4.78, 5) is 11.7. The maximum absolute atomic E-state index is 11.7. The largest absolute Gasteiger partial charge is 0.487 e. The van der Waals surface area contributed by atoms with Gasteiger partial charge in [-0.15, -0.1) is 0 Å². The summed E-state index contributed by atoms with van der Waals surface area (Å²) in [7, 11) is 1.36. The first-order valence-electron chi connectivity index (χ1n) is 6.08. The molecule has 0 unspecified atom stereocenters. The fraction of sp³-hybridized carbons (Fsp3) is 0.267. The highest BCUT2D eigenvalue weighted by Gasteiger charge is 2.13. The van der Waals surface area contributed by atoms with E-state index >= 15 is 0 Å². The fourth-order valence-electron chi connectivity index (χ4n) is 1.81. The average molecular weight is 259 g/mol. The van der Waals surface area contributed by atoms with E-state index in [9.17, 15) is 4.79 Å². The van der Waals surface area contributed by atoms with E-state index in [-0.39, 0.29) is 0 Å². The van der Waals surface area contributed by atoms with Crippen molar-refractivity contribution in [1.82, 2.24) is 4.57 Å². The van der Waals surface area contributed by atoms with E-state index < -0.39 is 6.09 Å². The Morgan fingerprint density at radius 3 is 2.74 bits per heavy atom. The number of carbonyl (C=O) groups is 1. The van der Waals surface area contributed by atoms with Gasteiger partial charge in [0.2, 0.25) is 0 Å². The number of ether oxygens (including phenoxy) is 2. The average Bonchev–Trinajstić information content (AvgIpc) is 2.77. The molecule has 2 rings (SSSR count). The van der Waals surface area contributed by atoms with Crippen LogP contribution in [0.25, 0.3) is 10.9 Å². The third kappa shape index (κ3) is 2.78. The van der Waals surface area contributed by atoms with Crippen LogP contribution in [0.4, 0.5) is 4.79 Å². The molecule has 1 aromatic carbocycles. The minimum atomic E-state index is -0.423. The smallest absolute Gasteiger partial charge is 0.418 e. The van der Waals surface area contributed by atoms with Crippen molar-refractivity contribution < 1.29 is 14.3 Å². The van der Waals surface area contributed by atoms with Gasteiger partial charge in [-0.3, -0.25) is 0 Å². The molecule has 1 aromatic heterocycles. The number of carbonyl (C=O) groups excluding carboxylic acids is 1. The van der Waals surface area contributed by atoms with Crippen molar-refractivity contribution in [3.8, 4) is 5.75 Å². The standard InChI is InChI=1S/C15H17NO3/c1-11(2)8-9-19-14-10-16(15(17)18-3)13-7-5-4-6-12(13)14/h4-8,10H,9H2,1-3H3. The van der Waals surface area contributed by atoms with Gasteiger partial charge >= 0.3 is 6.09 Å². The van der Waals surface area contributed by atoms with Crippen molar-refractivity contribution in [2.45, 2.75) is 13.8 Å². The molecule has 1 heterocycles. The Morgan fingerprint density at radius 1 is 1.32 bits per heavy atom. The highest BCUT2D eigenvalue weighted by molar-refractivity contribution is 5.93.